The van der Waals surface area contributed by atoms with Crippen LogP contribution in [0.25, 0.3) is 5.69 Å². The zero-order valence-electron chi connectivity index (χ0n) is 11.7. The van der Waals surface area contributed by atoms with Gasteiger partial charge in [-0.3, -0.25) is 4.79 Å². The third kappa shape index (κ3) is 3.15. The molecule has 112 valence electrons. The number of carbonyl (C=O) groups excluding carboxylic acids is 1. The van der Waals surface area contributed by atoms with E-state index in [-0.39, 0.29) is 12.3 Å². The average Bonchev–Trinajstić information content (AvgIpc) is 3.11. The predicted octanol–water partition coefficient (Wildman–Crippen LogP) is 2.87. The van der Waals surface area contributed by atoms with Crippen molar-refractivity contribution in [3.8, 4) is 5.69 Å². The summed E-state index contributed by atoms with van der Waals surface area (Å²) < 4.78 is 1.52. The molecule has 6 nitrogen and oxygen atoms in total. The van der Waals surface area contributed by atoms with E-state index in [1.165, 1.54) is 28.7 Å². The summed E-state index contributed by atoms with van der Waals surface area (Å²) in [4.78, 5) is 20.4. The summed E-state index contributed by atoms with van der Waals surface area (Å²) in [6.07, 6.45) is 3.15. The highest BCUT2D eigenvalue weighted by molar-refractivity contribution is 7.09. The number of halogens is 1. The molecule has 1 aromatic carbocycles. The molecule has 0 aliphatic carbocycles. The minimum absolute atomic E-state index is 0.158. The van der Waals surface area contributed by atoms with Gasteiger partial charge in [0.1, 0.15) is 18.3 Å². The van der Waals surface area contributed by atoms with Gasteiger partial charge in [-0.2, -0.15) is 5.10 Å². The first kappa shape index (κ1) is 14.7. The highest BCUT2D eigenvalue weighted by atomic mass is 35.5. The Morgan fingerprint density at radius 2 is 2.32 bits per heavy atom. The van der Waals surface area contributed by atoms with Crippen LogP contribution in [0, 0.1) is 6.92 Å². The van der Waals surface area contributed by atoms with E-state index in [0.717, 1.165) is 10.7 Å². The minimum Gasteiger partial charge on any atom is -0.324 e. The topological polar surface area (TPSA) is 72.7 Å². The number of nitrogens with one attached hydrogen (secondary N) is 1. The molecule has 0 fully saturated rings. The van der Waals surface area contributed by atoms with Gasteiger partial charge in [0.05, 0.1) is 27.8 Å². The Morgan fingerprint density at radius 1 is 1.45 bits per heavy atom. The van der Waals surface area contributed by atoms with E-state index >= 15 is 0 Å². The molecule has 22 heavy (non-hydrogen) atoms. The molecule has 2 heterocycles. The third-order valence-corrected chi connectivity index (χ3v) is 4.04. The fourth-order valence-corrected chi connectivity index (χ4v) is 2.89. The summed E-state index contributed by atoms with van der Waals surface area (Å²) in [5.41, 5.74) is 1.92. The molecule has 0 saturated carbocycles. The molecule has 1 amide bonds. The predicted molar refractivity (Wildman–Crippen MR) is 85.6 cm³/mol. The number of amides is 1. The zero-order valence-corrected chi connectivity index (χ0v) is 13.2. The Balaban J connectivity index is 1.83. The number of hydrogen-bond donors (Lipinski definition) is 1. The molecule has 3 rings (SSSR count). The second kappa shape index (κ2) is 6.25. The van der Waals surface area contributed by atoms with E-state index in [0.29, 0.717) is 16.4 Å². The molecule has 0 unspecified atom stereocenters. The molecule has 0 aliphatic heterocycles. The van der Waals surface area contributed by atoms with Crippen LogP contribution in [-0.4, -0.2) is 25.7 Å². The Hall–Kier alpha value is -2.25. The monoisotopic (exact) mass is 333 g/mol. The van der Waals surface area contributed by atoms with Gasteiger partial charge in [0, 0.05) is 5.38 Å². The summed E-state index contributed by atoms with van der Waals surface area (Å²) >= 11 is 7.74. The molecule has 0 aliphatic rings. The Morgan fingerprint density at radius 3 is 3.00 bits per heavy atom. The van der Waals surface area contributed by atoms with Crippen molar-refractivity contribution in [1.29, 1.82) is 0 Å². The number of anilines is 1. The number of thiazole rings is 1. The normalized spacial score (nSPS) is 10.6. The fraction of sp³-hybridized carbons (Fsp3) is 0.143. The van der Waals surface area contributed by atoms with Crippen molar-refractivity contribution in [2.24, 2.45) is 0 Å². The lowest BCUT2D eigenvalue weighted by Crippen LogP contribution is -2.16. The first-order chi connectivity index (χ1) is 10.6. The number of aromatic nitrogens is 4. The smallest absolute Gasteiger partial charge is 0.230 e. The first-order valence-electron chi connectivity index (χ1n) is 6.48. The average molecular weight is 334 g/mol. The lowest BCUT2D eigenvalue weighted by Gasteiger charge is -2.11. The number of hydrogen-bond acceptors (Lipinski definition) is 5. The van der Waals surface area contributed by atoms with E-state index < -0.39 is 0 Å². The van der Waals surface area contributed by atoms with Gasteiger partial charge in [0.15, 0.2) is 0 Å². The van der Waals surface area contributed by atoms with E-state index in [9.17, 15) is 4.79 Å². The summed E-state index contributed by atoms with van der Waals surface area (Å²) in [6, 6.07) is 5.27. The van der Waals surface area contributed by atoms with Crippen molar-refractivity contribution in [2.45, 2.75) is 13.3 Å². The molecule has 0 spiro atoms. The van der Waals surface area contributed by atoms with Gasteiger partial charge < -0.3 is 5.32 Å². The van der Waals surface area contributed by atoms with Gasteiger partial charge in [-0.1, -0.05) is 17.7 Å². The summed E-state index contributed by atoms with van der Waals surface area (Å²) in [5.74, 6) is -0.158. The molecule has 8 heteroatoms. The number of nitrogens with zero attached hydrogens (tertiary/aromatic N) is 4. The number of benzene rings is 1. The lowest BCUT2D eigenvalue weighted by atomic mass is 10.2. The highest BCUT2D eigenvalue weighted by Gasteiger charge is 2.13. The van der Waals surface area contributed by atoms with Gasteiger partial charge in [-0.25, -0.2) is 14.6 Å². The van der Waals surface area contributed by atoms with Crippen LogP contribution in [0.4, 0.5) is 5.69 Å². The maximum absolute atomic E-state index is 12.2. The maximum Gasteiger partial charge on any atom is 0.230 e. The molecule has 0 saturated heterocycles. The van der Waals surface area contributed by atoms with Crippen LogP contribution in [0.3, 0.4) is 0 Å². The van der Waals surface area contributed by atoms with Crippen LogP contribution in [0.5, 0.6) is 0 Å². The van der Waals surface area contributed by atoms with Crippen LogP contribution in [0.2, 0.25) is 5.02 Å². The standard InChI is InChI=1S/C14H12ClN5OS/c1-9-18-10(6-22-9)5-13(21)19-12-4-2-3-11(15)14(12)20-8-16-7-17-20/h2-4,6-8H,5H2,1H3,(H,19,21). The summed E-state index contributed by atoms with van der Waals surface area (Å²) in [5, 5.41) is 10.2. The van der Waals surface area contributed by atoms with E-state index in [2.05, 4.69) is 20.4 Å². The van der Waals surface area contributed by atoms with Crippen LogP contribution in [0.15, 0.2) is 36.2 Å². The van der Waals surface area contributed by atoms with Gasteiger partial charge in [0.2, 0.25) is 5.91 Å². The minimum atomic E-state index is -0.158. The van der Waals surface area contributed by atoms with Crippen molar-refractivity contribution < 1.29 is 4.79 Å². The third-order valence-electron chi connectivity index (χ3n) is 2.92. The van der Waals surface area contributed by atoms with Crippen LogP contribution in [-0.2, 0) is 11.2 Å². The number of carbonyl (C=O) groups is 1. The van der Waals surface area contributed by atoms with E-state index in [4.69, 9.17) is 11.6 Å². The van der Waals surface area contributed by atoms with Crippen molar-refractivity contribution in [3.05, 3.63) is 52.0 Å². The second-order valence-corrected chi connectivity index (χ2v) is 6.03. The molecule has 0 bridgehead atoms. The largest absolute Gasteiger partial charge is 0.324 e. The van der Waals surface area contributed by atoms with Gasteiger partial charge in [0.25, 0.3) is 0 Å². The van der Waals surface area contributed by atoms with Gasteiger partial charge in [-0.15, -0.1) is 11.3 Å². The molecule has 2 aromatic heterocycles. The number of para-hydroxylation sites is 1. The Labute approximate surface area is 135 Å². The molecule has 0 atom stereocenters. The molecular formula is C14H12ClN5OS. The number of rotatable bonds is 4. The lowest BCUT2D eigenvalue weighted by molar-refractivity contribution is -0.115. The second-order valence-electron chi connectivity index (χ2n) is 4.56. The highest BCUT2D eigenvalue weighted by Crippen LogP contribution is 2.27. The van der Waals surface area contributed by atoms with Gasteiger partial charge >= 0.3 is 0 Å². The van der Waals surface area contributed by atoms with Gasteiger partial charge in [-0.05, 0) is 19.1 Å². The fourth-order valence-electron chi connectivity index (χ4n) is 2.02. The molecule has 1 N–H and O–H groups in total. The Bertz CT molecular complexity index is 799. The van der Waals surface area contributed by atoms with E-state index in [1.807, 2.05) is 12.3 Å². The number of aryl methyl sites for hydroxylation is 1. The molecule has 3 aromatic rings. The summed E-state index contributed by atoms with van der Waals surface area (Å²) in [7, 11) is 0. The van der Waals surface area contributed by atoms with Crippen molar-refractivity contribution >= 4 is 34.5 Å². The SMILES string of the molecule is Cc1nc(CC(=O)Nc2cccc(Cl)c2-n2cncn2)cs1. The Kier molecular flexibility index (Phi) is 4.17. The summed E-state index contributed by atoms with van der Waals surface area (Å²) in [6.45, 7) is 1.91. The molecular weight excluding hydrogens is 322 g/mol. The van der Waals surface area contributed by atoms with Crippen LogP contribution < -0.4 is 5.32 Å². The quantitative estimate of drug-likeness (QED) is 0.796. The van der Waals surface area contributed by atoms with Crippen LogP contribution >= 0.6 is 22.9 Å². The van der Waals surface area contributed by atoms with Crippen molar-refractivity contribution in [2.75, 3.05) is 5.32 Å². The van der Waals surface area contributed by atoms with Crippen LogP contribution in [0.1, 0.15) is 10.7 Å². The van der Waals surface area contributed by atoms with Crippen molar-refractivity contribution in [1.82, 2.24) is 19.7 Å². The van der Waals surface area contributed by atoms with E-state index in [1.54, 1.807) is 18.2 Å². The molecule has 0 radical (unpaired) electrons. The first-order valence-corrected chi connectivity index (χ1v) is 7.73. The van der Waals surface area contributed by atoms with Crippen molar-refractivity contribution in [3.63, 3.8) is 0 Å². The zero-order chi connectivity index (χ0) is 15.5. The maximum atomic E-state index is 12.2.